The molecule has 1 atom stereocenters. The van der Waals surface area contributed by atoms with Gasteiger partial charge in [-0.3, -0.25) is 0 Å². The van der Waals surface area contributed by atoms with Crippen LogP contribution in [0.4, 0.5) is 5.69 Å². The van der Waals surface area contributed by atoms with Gasteiger partial charge in [0, 0.05) is 15.3 Å². The van der Waals surface area contributed by atoms with Crippen LogP contribution < -0.4 is 5.32 Å². The number of halogens is 1. The van der Waals surface area contributed by atoms with Crippen LogP contribution in [0.3, 0.4) is 0 Å². The summed E-state index contributed by atoms with van der Waals surface area (Å²) in [6, 6.07) is 19.2. The maximum atomic E-state index is 3.48. The summed E-state index contributed by atoms with van der Waals surface area (Å²) in [6.45, 7) is 2.18. The Hall–Kier alpha value is -1.03. The number of hydrogen-bond acceptors (Lipinski definition) is 1. The highest BCUT2D eigenvalue weighted by Crippen LogP contribution is 2.19. The summed E-state index contributed by atoms with van der Waals surface area (Å²) >= 11 is 2.32. The lowest BCUT2D eigenvalue weighted by Gasteiger charge is -2.15. The molecule has 0 heterocycles. The molecule has 0 aliphatic carbocycles. The van der Waals surface area contributed by atoms with Crippen molar-refractivity contribution in [2.24, 2.45) is 0 Å². The van der Waals surface area contributed by atoms with Crippen LogP contribution >= 0.6 is 22.6 Å². The molecule has 1 unspecified atom stereocenters. The number of anilines is 1. The molecule has 2 aromatic carbocycles. The summed E-state index contributed by atoms with van der Waals surface area (Å²) in [6.07, 6.45) is 0. The van der Waals surface area contributed by atoms with E-state index in [4.69, 9.17) is 0 Å². The van der Waals surface area contributed by atoms with Crippen molar-refractivity contribution in [3.8, 4) is 0 Å². The van der Waals surface area contributed by atoms with Crippen LogP contribution in [0.1, 0.15) is 18.5 Å². The van der Waals surface area contributed by atoms with E-state index in [1.165, 1.54) is 9.13 Å². The molecule has 1 nitrogen and oxygen atoms in total. The molecule has 2 aromatic rings. The third kappa shape index (κ3) is 2.98. The van der Waals surface area contributed by atoms with Crippen molar-refractivity contribution in [3.63, 3.8) is 0 Å². The maximum absolute atomic E-state index is 3.48. The summed E-state index contributed by atoms with van der Waals surface area (Å²) < 4.78 is 1.27. The van der Waals surface area contributed by atoms with Crippen molar-refractivity contribution in [2.45, 2.75) is 13.0 Å². The van der Waals surface area contributed by atoms with Gasteiger partial charge in [0.25, 0.3) is 0 Å². The van der Waals surface area contributed by atoms with Crippen LogP contribution in [0.25, 0.3) is 0 Å². The molecule has 1 N–H and O–H groups in total. The highest BCUT2D eigenvalue weighted by molar-refractivity contribution is 14.1. The van der Waals surface area contributed by atoms with Crippen molar-refractivity contribution in [3.05, 3.63) is 63.7 Å². The van der Waals surface area contributed by atoms with Crippen LogP contribution in [0.2, 0.25) is 0 Å². The third-order valence-corrected chi connectivity index (χ3v) is 3.25. The molecular weight excluding hydrogens is 309 g/mol. The van der Waals surface area contributed by atoms with E-state index in [1.807, 2.05) is 18.2 Å². The normalized spacial score (nSPS) is 12.1. The van der Waals surface area contributed by atoms with Gasteiger partial charge in [-0.2, -0.15) is 0 Å². The zero-order valence-electron chi connectivity index (χ0n) is 9.15. The van der Waals surface area contributed by atoms with Gasteiger partial charge in [0.05, 0.1) is 0 Å². The van der Waals surface area contributed by atoms with E-state index >= 15 is 0 Å². The Morgan fingerprint density at radius 2 is 1.56 bits per heavy atom. The first-order valence-electron chi connectivity index (χ1n) is 5.33. The number of nitrogens with one attached hydrogen (secondary N) is 1. The summed E-state index contributed by atoms with van der Waals surface area (Å²) in [5.74, 6) is 0. The number of rotatable bonds is 3. The molecule has 0 saturated carbocycles. The van der Waals surface area contributed by atoms with Crippen molar-refractivity contribution in [1.82, 2.24) is 0 Å². The highest BCUT2D eigenvalue weighted by Gasteiger charge is 2.04. The monoisotopic (exact) mass is 323 g/mol. The van der Waals surface area contributed by atoms with Crippen molar-refractivity contribution < 1.29 is 0 Å². The molecule has 0 bridgehead atoms. The van der Waals surface area contributed by atoms with Gasteiger partial charge in [0.1, 0.15) is 0 Å². The summed E-state index contributed by atoms with van der Waals surface area (Å²) in [5, 5.41) is 3.48. The van der Waals surface area contributed by atoms with Gasteiger partial charge in [-0.25, -0.2) is 0 Å². The fraction of sp³-hybridized carbons (Fsp3) is 0.143. The van der Waals surface area contributed by atoms with E-state index in [-0.39, 0.29) is 0 Å². The second-order valence-electron chi connectivity index (χ2n) is 3.78. The molecule has 0 amide bonds. The van der Waals surface area contributed by atoms with Crippen LogP contribution in [0, 0.1) is 3.57 Å². The first-order valence-corrected chi connectivity index (χ1v) is 6.40. The van der Waals surface area contributed by atoms with Gasteiger partial charge in [0.2, 0.25) is 0 Å². The quantitative estimate of drug-likeness (QED) is 0.822. The largest absolute Gasteiger partial charge is 0.379 e. The average molecular weight is 323 g/mol. The van der Waals surface area contributed by atoms with E-state index in [2.05, 4.69) is 71.2 Å². The number of para-hydroxylation sites is 1. The standard InChI is InChI=1S/C14H14IN/c1-11(12-7-9-13(15)10-8-12)16-14-5-3-2-4-6-14/h2-11,16H,1H3. The fourth-order valence-electron chi connectivity index (χ4n) is 1.62. The minimum Gasteiger partial charge on any atom is -0.379 e. The molecular formula is C14H14IN. The zero-order chi connectivity index (χ0) is 11.4. The lowest BCUT2D eigenvalue weighted by atomic mass is 10.1. The Morgan fingerprint density at radius 1 is 0.938 bits per heavy atom. The number of benzene rings is 2. The lowest BCUT2D eigenvalue weighted by molar-refractivity contribution is 0.884. The van der Waals surface area contributed by atoms with Crippen LogP contribution in [-0.4, -0.2) is 0 Å². The van der Waals surface area contributed by atoms with Gasteiger partial charge in [-0.15, -0.1) is 0 Å². The predicted octanol–water partition coefficient (Wildman–Crippen LogP) is 4.46. The topological polar surface area (TPSA) is 12.0 Å². The Labute approximate surface area is 110 Å². The van der Waals surface area contributed by atoms with Gasteiger partial charge in [0.15, 0.2) is 0 Å². The van der Waals surface area contributed by atoms with Crippen LogP contribution in [-0.2, 0) is 0 Å². The molecule has 0 aliphatic rings. The highest BCUT2D eigenvalue weighted by atomic mass is 127. The second-order valence-corrected chi connectivity index (χ2v) is 5.03. The minimum atomic E-state index is 0.333. The summed E-state index contributed by atoms with van der Waals surface area (Å²) in [7, 11) is 0. The van der Waals surface area contributed by atoms with Gasteiger partial charge in [-0.1, -0.05) is 30.3 Å². The molecule has 2 heteroatoms. The van der Waals surface area contributed by atoms with E-state index in [1.54, 1.807) is 0 Å². The molecule has 0 saturated heterocycles. The van der Waals surface area contributed by atoms with Crippen LogP contribution in [0.5, 0.6) is 0 Å². The Morgan fingerprint density at radius 3 is 2.19 bits per heavy atom. The smallest absolute Gasteiger partial charge is 0.0485 e. The molecule has 0 aromatic heterocycles. The van der Waals surface area contributed by atoms with Crippen molar-refractivity contribution in [1.29, 1.82) is 0 Å². The molecule has 82 valence electrons. The number of hydrogen-bond donors (Lipinski definition) is 1. The van der Waals surface area contributed by atoms with Crippen LogP contribution in [0.15, 0.2) is 54.6 Å². The molecule has 0 spiro atoms. The molecule has 0 radical (unpaired) electrons. The van der Waals surface area contributed by atoms with E-state index in [0.717, 1.165) is 5.69 Å². The van der Waals surface area contributed by atoms with Gasteiger partial charge >= 0.3 is 0 Å². The van der Waals surface area contributed by atoms with Gasteiger partial charge < -0.3 is 5.32 Å². The summed E-state index contributed by atoms with van der Waals surface area (Å²) in [5.41, 5.74) is 2.47. The molecule has 0 fully saturated rings. The second kappa shape index (κ2) is 5.34. The Balaban J connectivity index is 2.09. The zero-order valence-corrected chi connectivity index (χ0v) is 11.3. The Bertz CT molecular complexity index is 436. The van der Waals surface area contributed by atoms with Gasteiger partial charge in [-0.05, 0) is 59.3 Å². The van der Waals surface area contributed by atoms with Crippen molar-refractivity contribution >= 4 is 28.3 Å². The minimum absolute atomic E-state index is 0.333. The molecule has 16 heavy (non-hydrogen) atoms. The Kier molecular flexibility index (Phi) is 3.83. The average Bonchev–Trinajstić information content (AvgIpc) is 2.31. The van der Waals surface area contributed by atoms with E-state index < -0.39 is 0 Å². The SMILES string of the molecule is CC(Nc1ccccc1)c1ccc(I)cc1. The third-order valence-electron chi connectivity index (χ3n) is 2.53. The van der Waals surface area contributed by atoms with Crippen molar-refractivity contribution in [2.75, 3.05) is 5.32 Å². The maximum Gasteiger partial charge on any atom is 0.0485 e. The van der Waals surface area contributed by atoms with E-state index in [0.29, 0.717) is 6.04 Å². The fourth-order valence-corrected chi connectivity index (χ4v) is 1.98. The molecule has 2 rings (SSSR count). The first kappa shape index (κ1) is 11.5. The predicted molar refractivity (Wildman–Crippen MR) is 77.6 cm³/mol. The van der Waals surface area contributed by atoms with E-state index in [9.17, 15) is 0 Å². The lowest BCUT2D eigenvalue weighted by Crippen LogP contribution is -2.06. The first-order chi connectivity index (χ1) is 7.75. The summed E-state index contributed by atoms with van der Waals surface area (Å²) in [4.78, 5) is 0. The molecule has 0 aliphatic heterocycles.